The maximum absolute atomic E-state index is 12.4. The molecule has 4 N–H and O–H groups in total. The molecule has 8 heteroatoms. The van der Waals surface area contributed by atoms with Crippen molar-refractivity contribution in [1.82, 2.24) is 0 Å². The molecule has 5 atom stereocenters. The molecule has 0 saturated carbocycles. The SMILES string of the molecule is CCCCCCCCCCCCCC(=O)OCC1OC(OC(C)(C)CC=CC(C)=CC=CC(C)=CC=CC(C)=CC=CC=C(C)C=CC=C(C)C=CC=C(C)C=CCC(C)(C)O)C(O)C(O)C1O. The first kappa shape index (κ1) is 61.9. The first-order chi connectivity index (χ1) is 32.2. The predicted molar refractivity (Wildman–Crippen MR) is 286 cm³/mol. The van der Waals surface area contributed by atoms with E-state index in [9.17, 15) is 25.2 Å². The molecular formula is C60H92O8. The highest BCUT2D eigenvalue weighted by atomic mass is 16.7. The van der Waals surface area contributed by atoms with Crippen molar-refractivity contribution >= 4 is 5.97 Å². The van der Waals surface area contributed by atoms with E-state index in [-0.39, 0.29) is 12.6 Å². The van der Waals surface area contributed by atoms with Crippen molar-refractivity contribution in [1.29, 1.82) is 0 Å². The van der Waals surface area contributed by atoms with Crippen molar-refractivity contribution in [3.05, 3.63) is 155 Å². The minimum atomic E-state index is -1.51. The van der Waals surface area contributed by atoms with Gasteiger partial charge in [-0.05, 0) is 88.5 Å². The number of unbranched alkanes of at least 4 members (excludes halogenated alkanes) is 10. The van der Waals surface area contributed by atoms with Gasteiger partial charge in [-0.15, -0.1) is 0 Å². The van der Waals surface area contributed by atoms with Gasteiger partial charge in [-0.1, -0.05) is 226 Å². The molecule has 1 heterocycles. The summed E-state index contributed by atoms with van der Waals surface area (Å²) >= 11 is 0. The van der Waals surface area contributed by atoms with Crippen LogP contribution in [0.25, 0.3) is 0 Å². The van der Waals surface area contributed by atoms with Crippen LogP contribution in [-0.2, 0) is 19.0 Å². The molecular weight excluding hydrogens is 849 g/mol. The molecule has 0 aromatic carbocycles. The van der Waals surface area contributed by atoms with Crippen LogP contribution in [0.1, 0.15) is 166 Å². The van der Waals surface area contributed by atoms with Gasteiger partial charge in [0.2, 0.25) is 0 Å². The number of aliphatic hydroxyl groups is 4. The number of rotatable bonds is 32. The summed E-state index contributed by atoms with van der Waals surface area (Å²) in [7, 11) is 0. The minimum Gasteiger partial charge on any atom is -0.463 e. The average molecular weight is 941 g/mol. The molecule has 0 spiro atoms. The highest BCUT2D eigenvalue weighted by molar-refractivity contribution is 5.69. The molecule has 380 valence electrons. The number of ether oxygens (including phenoxy) is 3. The number of hydrogen-bond donors (Lipinski definition) is 4. The van der Waals surface area contributed by atoms with E-state index in [1.165, 1.54) is 51.4 Å². The molecule has 1 fully saturated rings. The summed E-state index contributed by atoms with van der Waals surface area (Å²) in [6.45, 7) is 21.7. The van der Waals surface area contributed by atoms with E-state index in [1.807, 2.05) is 94.5 Å². The van der Waals surface area contributed by atoms with E-state index < -0.39 is 41.9 Å². The molecule has 0 aromatic rings. The summed E-state index contributed by atoms with van der Waals surface area (Å²) < 4.78 is 17.4. The second kappa shape index (κ2) is 35.9. The van der Waals surface area contributed by atoms with Crippen molar-refractivity contribution in [2.45, 2.75) is 208 Å². The maximum atomic E-state index is 12.4. The Balaban J connectivity index is 2.54. The minimum absolute atomic E-state index is 0.236. The summed E-state index contributed by atoms with van der Waals surface area (Å²) in [6, 6.07) is 0. The summed E-state index contributed by atoms with van der Waals surface area (Å²) in [5, 5.41) is 41.7. The molecule has 1 rings (SSSR count). The van der Waals surface area contributed by atoms with Gasteiger partial charge in [-0.25, -0.2) is 0 Å². The zero-order chi connectivity index (χ0) is 50.8. The molecule has 0 amide bonds. The molecule has 1 saturated heterocycles. The largest absolute Gasteiger partial charge is 0.463 e. The van der Waals surface area contributed by atoms with Crippen LogP contribution >= 0.6 is 0 Å². The van der Waals surface area contributed by atoms with Gasteiger partial charge >= 0.3 is 5.97 Å². The quantitative estimate of drug-likeness (QED) is 0.0299. The van der Waals surface area contributed by atoms with E-state index in [2.05, 4.69) is 89.3 Å². The molecule has 0 aromatic heterocycles. The van der Waals surface area contributed by atoms with Gasteiger partial charge in [-0.2, -0.15) is 0 Å². The Morgan fingerprint density at radius 2 is 0.897 bits per heavy atom. The van der Waals surface area contributed by atoms with Crippen molar-refractivity contribution in [2.24, 2.45) is 0 Å². The highest BCUT2D eigenvalue weighted by Crippen LogP contribution is 2.28. The van der Waals surface area contributed by atoms with Crippen molar-refractivity contribution in [2.75, 3.05) is 6.61 Å². The zero-order valence-corrected chi connectivity index (χ0v) is 44.0. The molecule has 5 unspecified atom stereocenters. The Kier molecular flexibility index (Phi) is 32.7. The van der Waals surface area contributed by atoms with Crippen LogP contribution < -0.4 is 0 Å². The summed E-state index contributed by atoms with van der Waals surface area (Å²) in [6.07, 6.45) is 48.8. The van der Waals surface area contributed by atoms with Gasteiger partial charge in [0, 0.05) is 6.42 Å². The fourth-order valence-electron chi connectivity index (χ4n) is 6.91. The van der Waals surface area contributed by atoms with Gasteiger partial charge in [0.25, 0.3) is 0 Å². The number of hydrogen-bond acceptors (Lipinski definition) is 8. The van der Waals surface area contributed by atoms with Crippen LogP contribution in [0.2, 0.25) is 0 Å². The van der Waals surface area contributed by atoms with Crippen LogP contribution in [0.4, 0.5) is 0 Å². The summed E-state index contributed by atoms with van der Waals surface area (Å²) in [4.78, 5) is 12.4. The molecule has 1 aliphatic heterocycles. The van der Waals surface area contributed by atoms with Crippen LogP contribution in [-0.4, -0.2) is 74.9 Å². The van der Waals surface area contributed by atoms with E-state index in [4.69, 9.17) is 14.2 Å². The highest BCUT2D eigenvalue weighted by Gasteiger charge is 2.46. The number of allylic oxidation sites excluding steroid dienone is 24. The molecule has 0 bridgehead atoms. The average Bonchev–Trinajstić information content (AvgIpc) is 3.26. The van der Waals surface area contributed by atoms with Crippen LogP contribution in [0.5, 0.6) is 0 Å². The van der Waals surface area contributed by atoms with Gasteiger partial charge < -0.3 is 34.6 Å². The lowest BCUT2D eigenvalue weighted by Gasteiger charge is -2.42. The molecule has 0 aliphatic carbocycles. The normalized spacial score (nSPS) is 21.5. The van der Waals surface area contributed by atoms with E-state index in [0.717, 1.165) is 52.7 Å². The first-order valence-corrected chi connectivity index (χ1v) is 25.2. The lowest BCUT2D eigenvalue weighted by atomic mass is 9.98. The van der Waals surface area contributed by atoms with Crippen molar-refractivity contribution in [3.63, 3.8) is 0 Å². The monoisotopic (exact) mass is 941 g/mol. The lowest BCUT2D eigenvalue weighted by molar-refractivity contribution is -0.323. The first-order valence-electron chi connectivity index (χ1n) is 25.2. The van der Waals surface area contributed by atoms with E-state index in [0.29, 0.717) is 19.3 Å². The Morgan fingerprint density at radius 3 is 1.32 bits per heavy atom. The third kappa shape index (κ3) is 32.6. The third-order valence-corrected chi connectivity index (χ3v) is 11.2. The van der Waals surface area contributed by atoms with Crippen molar-refractivity contribution < 1.29 is 39.4 Å². The number of aliphatic hydroxyl groups excluding tert-OH is 3. The van der Waals surface area contributed by atoms with Gasteiger partial charge in [-0.3, -0.25) is 4.79 Å². The third-order valence-electron chi connectivity index (χ3n) is 11.2. The van der Waals surface area contributed by atoms with Crippen LogP contribution in [0.3, 0.4) is 0 Å². The summed E-state index contributed by atoms with van der Waals surface area (Å²) in [5.74, 6) is -0.369. The Hall–Kier alpha value is -4.15. The van der Waals surface area contributed by atoms with Crippen LogP contribution in [0.15, 0.2) is 155 Å². The van der Waals surface area contributed by atoms with Gasteiger partial charge in [0.1, 0.15) is 31.0 Å². The van der Waals surface area contributed by atoms with Crippen LogP contribution in [0, 0.1) is 0 Å². The molecule has 0 radical (unpaired) electrons. The van der Waals surface area contributed by atoms with Crippen molar-refractivity contribution in [3.8, 4) is 0 Å². The topological polar surface area (TPSA) is 126 Å². The smallest absolute Gasteiger partial charge is 0.305 e. The number of carbonyl (C=O) groups is 1. The number of carbonyl (C=O) groups excluding carboxylic acids is 1. The zero-order valence-electron chi connectivity index (χ0n) is 44.0. The predicted octanol–water partition coefficient (Wildman–Crippen LogP) is 14.0. The van der Waals surface area contributed by atoms with Gasteiger partial charge in [0.15, 0.2) is 6.29 Å². The van der Waals surface area contributed by atoms with E-state index in [1.54, 1.807) is 13.8 Å². The lowest BCUT2D eigenvalue weighted by Crippen LogP contribution is -2.60. The standard InChI is InChI=1S/C60H92O8/c1-12-13-14-15-16-17-18-19-20-21-22-43-54(61)66-46-53-55(62)56(63)57(64)58(67-53)68-60(10,11)45-30-42-52(7)40-28-38-50(5)36-26-34-48(3)32-24-23-31-47(2)33-25-35-49(4)37-27-39-51(6)41-29-44-59(8,9)65/h23-42,53,55-58,62-65H,12-22,43-46H2,1-11H3. The Bertz CT molecular complexity index is 1850. The molecule has 68 heavy (non-hydrogen) atoms. The number of esters is 1. The van der Waals surface area contributed by atoms with Gasteiger partial charge in [0.05, 0.1) is 11.2 Å². The second-order valence-electron chi connectivity index (χ2n) is 19.7. The Morgan fingerprint density at radius 1 is 0.515 bits per heavy atom. The van der Waals surface area contributed by atoms with E-state index >= 15 is 0 Å². The maximum Gasteiger partial charge on any atom is 0.305 e. The second-order valence-corrected chi connectivity index (χ2v) is 19.7. The Labute approximate surface area is 413 Å². The molecule has 1 aliphatic rings. The fraction of sp³-hybridized carbons (Fsp3) is 0.550. The fourth-order valence-corrected chi connectivity index (χ4v) is 6.91. The summed E-state index contributed by atoms with van der Waals surface area (Å²) in [5.41, 5.74) is 5.26. The molecule has 8 nitrogen and oxygen atoms in total.